The Morgan fingerprint density at radius 1 is 1.16 bits per heavy atom. The standard InChI is InChI=1S/C16H27BN2/c1-11(2)16-18-14-10-13(17)8-6-5-7-9-15(14)19(16)12(3)4/h11-13H,5-10H2,1-4H3. The number of hydrogen-bond donors (Lipinski definition) is 0. The van der Waals surface area contributed by atoms with Gasteiger partial charge in [0.2, 0.25) is 0 Å². The van der Waals surface area contributed by atoms with Gasteiger partial charge in [-0.25, -0.2) is 4.98 Å². The molecule has 1 atom stereocenters. The number of imidazole rings is 1. The van der Waals surface area contributed by atoms with E-state index in [0.717, 1.165) is 12.8 Å². The quantitative estimate of drug-likeness (QED) is 0.727. The van der Waals surface area contributed by atoms with Crippen LogP contribution in [-0.2, 0) is 12.8 Å². The van der Waals surface area contributed by atoms with Crippen LogP contribution in [0.1, 0.15) is 82.6 Å². The number of aromatic nitrogens is 2. The van der Waals surface area contributed by atoms with Gasteiger partial charge in [-0.2, -0.15) is 0 Å². The van der Waals surface area contributed by atoms with Gasteiger partial charge in [-0.1, -0.05) is 38.9 Å². The van der Waals surface area contributed by atoms with Gasteiger partial charge in [-0.3, -0.25) is 0 Å². The molecule has 1 aromatic rings. The lowest BCUT2D eigenvalue weighted by molar-refractivity contribution is 0.521. The smallest absolute Gasteiger partial charge is 0.112 e. The van der Waals surface area contributed by atoms with Gasteiger partial charge in [0.1, 0.15) is 5.82 Å². The zero-order valence-corrected chi connectivity index (χ0v) is 12.9. The molecule has 0 aliphatic heterocycles. The lowest BCUT2D eigenvalue weighted by atomic mass is 9.80. The molecule has 0 spiro atoms. The van der Waals surface area contributed by atoms with Gasteiger partial charge in [-0.15, -0.1) is 0 Å². The highest BCUT2D eigenvalue weighted by Crippen LogP contribution is 2.29. The van der Waals surface area contributed by atoms with Crippen molar-refractivity contribution in [3.8, 4) is 0 Å². The fourth-order valence-electron chi connectivity index (χ4n) is 3.17. The maximum Gasteiger partial charge on any atom is 0.112 e. The third-order valence-corrected chi connectivity index (χ3v) is 4.10. The summed E-state index contributed by atoms with van der Waals surface area (Å²) in [7, 11) is 6.25. The Morgan fingerprint density at radius 3 is 2.53 bits per heavy atom. The van der Waals surface area contributed by atoms with Gasteiger partial charge in [0, 0.05) is 17.7 Å². The largest absolute Gasteiger partial charge is 0.329 e. The van der Waals surface area contributed by atoms with E-state index in [0.29, 0.717) is 12.0 Å². The molecule has 0 N–H and O–H groups in total. The Hall–Kier alpha value is -0.725. The first kappa shape index (κ1) is 14.7. The van der Waals surface area contributed by atoms with Crippen LogP contribution in [0.5, 0.6) is 0 Å². The second-order valence-corrected chi connectivity index (χ2v) is 6.55. The first-order chi connectivity index (χ1) is 9.00. The van der Waals surface area contributed by atoms with Crippen LogP contribution >= 0.6 is 0 Å². The van der Waals surface area contributed by atoms with Gasteiger partial charge in [0.15, 0.2) is 0 Å². The fourth-order valence-corrected chi connectivity index (χ4v) is 3.17. The van der Waals surface area contributed by atoms with E-state index in [1.165, 1.54) is 42.9 Å². The average Bonchev–Trinajstić information content (AvgIpc) is 2.69. The van der Waals surface area contributed by atoms with Crippen LogP contribution in [0.25, 0.3) is 0 Å². The lowest BCUT2D eigenvalue weighted by Crippen LogP contribution is -2.11. The van der Waals surface area contributed by atoms with E-state index < -0.39 is 0 Å². The molecular weight excluding hydrogens is 231 g/mol. The van der Waals surface area contributed by atoms with Crippen molar-refractivity contribution >= 4 is 7.85 Å². The van der Waals surface area contributed by atoms with E-state index in [4.69, 9.17) is 12.8 Å². The summed E-state index contributed by atoms with van der Waals surface area (Å²) in [6.07, 6.45) is 7.10. The number of fused-ring (bicyclic) bond motifs is 1. The summed E-state index contributed by atoms with van der Waals surface area (Å²) in [5.41, 5.74) is 2.72. The van der Waals surface area contributed by atoms with Crippen LogP contribution < -0.4 is 0 Å². The number of rotatable bonds is 2. The average molecular weight is 258 g/mol. The maximum absolute atomic E-state index is 6.25. The van der Waals surface area contributed by atoms with Crippen LogP contribution in [0.2, 0.25) is 5.82 Å². The first-order valence-corrected chi connectivity index (χ1v) is 7.86. The molecule has 0 amide bonds. The molecule has 0 saturated heterocycles. The summed E-state index contributed by atoms with van der Waals surface area (Å²) in [5, 5.41) is 0. The van der Waals surface area contributed by atoms with Crippen molar-refractivity contribution in [3.63, 3.8) is 0 Å². The molecule has 2 nitrogen and oxygen atoms in total. The van der Waals surface area contributed by atoms with Crippen molar-refractivity contribution in [2.45, 2.75) is 84.0 Å². The molecule has 1 unspecified atom stereocenters. The van der Waals surface area contributed by atoms with Crippen molar-refractivity contribution in [1.82, 2.24) is 9.55 Å². The summed E-state index contributed by atoms with van der Waals surface area (Å²) in [6, 6.07) is 0.491. The normalized spacial score (nSPS) is 21.1. The van der Waals surface area contributed by atoms with Gasteiger partial charge in [0.25, 0.3) is 0 Å². The molecule has 3 heteroatoms. The Labute approximate surface area is 119 Å². The van der Waals surface area contributed by atoms with Crippen molar-refractivity contribution in [2.24, 2.45) is 0 Å². The topological polar surface area (TPSA) is 17.8 Å². The Kier molecular flexibility index (Phi) is 4.75. The second kappa shape index (κ2) is 6.15. The second-order valence-electron chi connectivity index (χ2n) is 6.55. The molecule has 0 aromatic carbocycles. The van der Waals surface area contributed by atoms with Gasteiger partial charge in [-0.05, 0) is 33.1 Å². The van der Waals surface area contributed by atoms with Crippen LogP contribution in [0.3, 0.4) is 0 Å². The van der Waals surface area contributed by atoms with Gasteiger partial charge in [0.05, 0.1) is 13.5 Å². The molecular formula is C16H27BN2. The predicted octanol–water partition coefficient (Wildman–Crippen LogP) is 4.20. The van der Waals surface area contributed by atoms with E-state index in [9.17, 15) is 0 Å². The summed E-state index contributed by atoms with van der Waals surface area (Å²) in [5.74, 6) is 2.01. The minimum atomic E-state index is 0.285. The highest BCUT2D eigenvalue weighted by atomic mass is 15.1. The van der Waals surface area contributed by atoms with Crippen molar-refractivity contribution in [1.29, 1.82) is 0 Å². The van der Waals surface area contributed by atoms with Crippen LogP contribution in [-0.4, -0.2) is 17.4 Å². The molecule has 1 aliphatic carbocycles. The highest BCUT2D eigenvalue weighted by molar-refractivity contribution is 6.11. The van der Waals surface area contributed by atoms with E-state index in [-0.39, 0.29) is 5.82 Å². The zero-order valence-electron chi connectivity index (χ0n) is 12.9. The van der Waals surface area contributed by atoms with E-state index in [1.807, 2.05) is 0 Å². The first-order valence-electron chi connectivity index (χ1n) is 7.86. The fraction of sp³-hybridized carbons (Fsp3) is 0.812. The van der Waals surface area contributed by atoms with E-state index >= 15 is 0 Å². The zero-order chi connectivity index (χ0) is 14.0. The molecule has 1 aromatic heterocycles. The highest BCUT2D eigenvalue weighted by Gasteiger charge is 2.22. The minimum Gasteiger partial charge on any atom is -0.329 e. The van der Waals surface area contributed by atoms with Crippen molar-refractivity contribution in [3.05, 3.63) is 17.2 Å². The van der Waals surface area contributed by atoms with Crippen molar-refractivity contribution < 1.29 is 0 Å². The van der Waals surface area contributed by atoms with Gasteiger partial charge < -0.3 is 4.57 Å². The van der Waals surface area contributed by atoms with Crippen molar-refractivity contribution in [2.75, 3.05) is 0 Å². The molecule has 1 heterocycles. The molecule has 2 radical (unpaired) electrons. The minimum absolute atomic E-state index is 0.285. The summed E-state index contributed by atoms with van der Waals surface area (Å²) in [4.78, 5) is 4.95. The molecule has 104 valence electrons. The predicted molar refractivity (Wildman–Crippen MR) is 82.1 cm³/mol. The monoisotopic (exact) mass is 258 g/mol. The van der Waals surface area contributed by atoms with Gasteiger partial charge >= 0.3 is 0 Å². The number of hydrogen-bond acceptors (Lipinski definition) is 1. The molecule has 19 heavy (non-hydrogen) atoms. The van der Waals surface area contributed by atoms with E-state index in [2.05, 4.69) is 32.3 Å². The molecule has 0 saturated carbocycles. The molecule has 0 bridgehead atoms. The van der Waals surface area contributed by atoms with Crippen LogP contribution in [0.15, 0.2) is 0 Å². The molecule has 2 rings (SSSR count). The third kappa shape index (κ3) is 3.24. The van der Waals surface area contributed by atoms with Crippen LogP contribution in [0, 0.1) is 0 Å². The van der Waals surface area contributed by atoms with E-state index in [1.54, 1.807) is 0 Å². The summed E-state index contributed by atoms with van der Waals surface area (Å²) >= 11 is 0. The number of nitrogens with zero attached hydrogens (tertiary/aromatic N) is 2. The maximum atomic E-state index is 6.25. The molecule has 1 aliphatic rings. The summed E-state index contributed by atoms with van der Waals surface area (Å²) < 4.78 is 2.47. The molecule has 0 fully saturated rings. The Balaban J connectivity index is 2.44. The Bertz CT molecular complexity index is 421. The summed E-state index contributed by atoms with van der Waals surface area (Å²) in [6.45, 7) is 9.00. The lowest BCUT2D eigenvalue weighted by Gasteiger charge is -2.18. The third-order valence-electron chi connectivity index (χ3n) is 4.10. The Morgan fingerprint density at radius 2 is 1.89 bits per heavy atom. The SMILES string of the molecule is [B]C1CCCCCc2c(nc(C(C)C)n2C(C)C)C1. The van der Waals surface area contributed by atoms with Crippen LogP contribution in [0.4, 0.5) is 0 Å².